The number of nitrogens with one attached hydrogen (secondary N) is 1. The third-order valence-corrected chi connectivity index (χ3v) is 4.08. The van der Waals surface area contributed by atoms with Crippen molar-refractivity contribution < 1.29 is 4.79 Å². The number of nitrogens with zero attached hydrogens (tertiary/aromatic N) is 1. The Labute approximate surface area is 112 Å². The number of urea groups is 1. The van der Waals surface area contributed by atoms with E-state index in [0.29, 0.717) is 0 Å². The van der Waals surface area contributed by atoms with Crippen LogP contribution in [0.15, 0.2) is 18.2 Å². The molecule has 0 fully saturated rings. The summed E-state index contributed by atoms with van der Waals surface area (Å²) in [5, 5.41) is 4.19. The van der Waals surface area contributed by atoms with Gasteiger partial charge in [0.15, 0.2) is 0 Å². The Hall–Kier alpha value is -1.97. The zero-order valence-electron chi connectivity index (χ0n) is 11.4. The lowest BCUT2D eigenvalue weighted by Crippen LogP contribution is -2.35. The highest BCUT2D eigenvalue weighted by molar-refractivity contribution is 5.87. The molecule has 1 aliphatic carbocycles. The molecule has 3 N–H and O–H groups in total. The first-order valence-corrected chi connectivity index (χ1v) is 6.71. The Kier molecular flexibility index (Phi) is 2.73. The van der Waals surface area contributed by atoms with E-state index < -0.39 is 6.03 Å². The molecule has 19 heavy (non-hydrogen) atoms. The van der Waals surface area contributed by atoms with Gasteiger partial charge in [-0.3, -0.25) is 0 Å². The zero-order chi connectivity index (χ0) is 13.6. The van der Waals surface area contributed by atoms with Crippen LogP contribution in [0.1, 0.15) is 35.7 Å². The Balaban J connectivity index is 2.21. The van der Waals surface area contributed by atoms with Gasteiger partial charge in [0.2, 0.25) is 0 Å². The third kappa shape index (κ3) is 1.87. The molecule has 1 unspecified atom stereocenters. The summed E-state index contributed by atoms with van der Waals surface area (Å²) < 4.78 is 2.20. The van der Waals surface area contributed by atoms with E-state index in [1.165, 1.54) is 27.7 Å². The molecule has 2 aromatic rings. The molecular formula is C15H19N3O. The summed E-state index contributed by atoms with van der Waals surface area (Å²) in [6, 6.07) is 6.12. The normalized spacial score (nSPS) is 18.3. The second kappa shape index (κ2) is 4.30. The van der Waals surface area contributed by atoms with Gasteiger partial charge in [-0.1, -0.05) is 11.6 Å². The second-order valence-electron chi connectivity index (χ2n) is 5.40. The van der Waals surface area contributed by atoms with Crippen molar-refractivity contribution in [1.82, 2.24) is 9.88 Å². The number of aryl methyl sites for hydroxylation is 3. The molecule has 0 saturated carbocycles. The lowest BCUT2D eigenvalue weighted by molar-refractivity contribution is 0.243. The van der Waals surface area contributed by atoms with Crippen LogP contribution in [-0.2, 0) is 13.5 Å². The second-order valence-corrected chi connectivity index (χ2v) is 5.40. The fourth-order valence-corrected chi connectivity index (χ4v) is 3.29. The smallest absolute Gasteiger partial charge is 0.312 e. The quantitative estimate of drug-likeness (QED) is 0.810. The number of hydrogen-bond donors (Lipinski definition) is 2. The summed E-state index contributed by atoms with van der Waals surface area (Å²) in [5.74, 6) is 0. The topological polar surface area (TPSA) is 60.1 Å². The minimum atomic E-state index is -0.445. The lowest BCUT2D eigenvalue weighted by atomic mass is 9.91. The SMILES string of the molecule is Cc1ccc2c(c1)c1c(n2C)C(NC(N)=O)CCC1. The van der Waals surface area contributed by atoms with Gasteiger partial charge in [0.05, 0.1) is 6.04 Å². The number of carbonyl (C=O) groups is 1. The van der Waals surface area contributed by atoms with Crippen LogP contribution >= 0.6 is 0 Å². The number of benzene rings is 1. The van der Waals surface area contributed by atoms with Crippen molar-refractivity contribution in [2.75, 3.05) is 0 Å². The minimum absolute atomic E-state index is 0.0407. The van der Waals surface area contributed by atoms with Crippen molar-refractivity contribution in [3.63, 3.8) is 0 Å². The number of rotatable bonds is 1. The number of carbonyl (C=O) groups excluding carboxylic acids is 1. The highest BCUT2D eigenvalue weighted by atomic mass is 16.2. The average Bonchev–Trinajstić information content (AvgIpc) is 2.63. The average molecular weight is 257 g/mol. The van der Waals surface area contributed by atoms with E-state index in [4.69, 9.17) is 5.73 Å². The monoisotopic (exact) mass is 257 g/mol. The summed E-state index contributed by atoms with van der Waals surface area (Å²) in [6.45, 7) is 2.11. The molecule has 0 radical (unpaired) electrons. The summed E-state index contributed by atoms with van der Waals surface area (Å²) in [4.78, 5) is 11.2. The highest BCUT2D eigenvalue weighted by Crippen LogP contribution is 2.36. The molecule has 2 amide bonds. The van der Waals surface area contributed by atoms with E-state index in [1.807, 2.05) is 0 Å². The van der Waals surface area contributed by atoms with Crippen molar-refractivity contribution in [1.29, 1.82) is 0 Å². The molecule has 3 rings (SSSR count). The van der Waals surface area contributed by atoms with Crippen LogP contribution < -0.4 is 11.1 Å². The van der Waals surface area contributed by atoms with Crippen LogP contribution in [0, 0.1) is 6.92 Å². The first kappa shape index (κ1) is 12.1. The molecule has 0 aliphatic heterocycles. The zero-order valence-corrected chi connectivity index (χ0v) is 11.4. The van der Waals surface area contributed by atoms with Crippen LogP contribution in [0.25, 0.3) is 10.9 Å². The molecule has 100 valence electrons. The maximum Gasteiger partial charge on any atom is 0.312 e. The highest BCUT2D eigenvalue weighted by Gasteiger charge is 2.27. The Morgan fingerprint density at radius 1 is 1.47 bits per heavy atom. The largest absolute Gasteiger partial charge is 0.352 e. The van der Waals surface area contributed by atoms with E-state index in [0.717, 1.165) is 19.3 Å². The van der Waals surface area contributed by atoms with Crippen molar-refractivity contribution in [3.05, 3.63) is 35.0 Å². The predicted molar refractivity (Wildman–Crippen MR) is 76.1 cm³/mol. The van der Waals surface area contributed by atoms with Crippen LogP contribution in [0.5, 0.6) is 0 Å². The van der Waals surface area contributed by atoms with Gasteiger partial charge in [0.25, 0.3) is 0 Å². The Morgan fingerprint density at radius 3 is 3.00 bits per heavy atom. The molecule has 1 atom stereocenters. The molecule has 4 heteroatoms. The summed E-state index contributed by atoms with van der Waals surface area (Å²) in [7, 11) is 2.07. The Bertz CT molecular complexity index is 657. The number of fused-ring (bicyclic) bond motifs is 3. The van der Waals surface area contributed by atoms with Gasteiger partial charge in [-0.25, -0.2) is 4.79 Å². The molecule has 1 aliphatic rings. The Morgan fingerprint density at radius 2 is 2.26 bits per heavy atom. The van der Waals surface area contributed by atoms with Gasteiger partial charge in [-0.15, -0.1) is 0 Å². The van der Waals surface area contributed by atoms with E-state index in [-0.39, 0.29) is 6.04 Å². The van der Waals surface area contributed by atoms with Gasteiger partial charge in [0.1, 0.15) is 0 Å². The van der Waals surface area contributed by atoms with Crippen LogP contribution in [0.4, 0.5) is 4.79 Å². The number of amides is 2. The number of primary amides is 1. The lowest BCUT2D eigenvalue weighted by Gasteiger charge is -2.24. The predicted octanol–water partition coefficient (Wildman–Crippen LogP) is 2.53. The van der Waals surface area contributed by atoms with E-state index in [1.54, 1.807) is 0 Å². The van der Waals surface area contributed by atoms with Gasteiger partial charge >= 0.3 is 6.03 Å². The molecular weight excluding hydrogens is 238 g/mol. The molecule has 0 bridgehead atoms. The van der Waals surface area contributed by atoms with Gasteiger partial charge in [-0.2, -0.15) is 0 Å². The first-order valence-electron chi connectivity index (χ1n) is 6.71. The van der Waals surface area contributed by atoms with E-state index in [2.05, 4.69) is 42.1 Å². The van der Waals surface area contributed by atoms with Crippen LogP contribution in [-0.4, -0.2) is 10.6 Å². The molecule has 1 heterocycles. The summed E-state index contributed by atoms with van der Waals surface area (Å²) in [6.07, 6.45) is 3.12. The molecule has 0 saturated heterocycles. The summed E-state index contributed by atoms with van der Waals surface area (Å²) in [5.41, 5.74) is 10.4. The molecule has 1 aromatic heterocycles. The summed E-state index contributed by atoms with van der Waals surface area (Å²) >= 11 is 0. The molecule has 0 spiro atoms. The van der Waals surface area contributed by atoms with E-state index >= 15 is 0 Å². The van der Waals surface area contributed by atoms with Crippen molar-refractivity contribution in [3.8, 4) is 0 Å². The van der Waals surface area contributed by atoms with Crippen molar-refractivity contribution in [2.24, 2.45) is 12.8 Å². The van der Waals surface area contributed by atoms with Gasteiger partial charge in [0, 0.05) is 23.6 Å². The minimum Gasteiger partial charge on any atom is -0.352 e. The first-order chi connectivity index (χ1) is 9.08. The van der Waals surface area contributed by atoms with E-state index in [9.17, 15) is 4.79 Å². The van der Waals surface area contributed by atoms with Gasteiger partial charge < -0.3 is 15.6 Å². The molecule has 1 aromatic carbocycles. The molecule has 4 nitrogen and oxygen atoms in total. The number of aromatic nitrogens is 1. The third-order valence-electron chi connectivity index (χ3n) is 4.08. The fraction of sp³-hybridized carbons (Fsp3) is 0.400. The van der Waals surface area contributed by atoms with Crippen LogP contribution in [0.3, 0.4) is 0 Å². The van der Waals surface area contributed by atoms with Gasteiger partial charge in [-0.05, 0) is 43.9 Å². The maximum atomic E-state index is 11.2. The van der Waals surface area contributed by atoms with Crippen molar-refractivity contribution in [2.45, 2.75) is 32.2 Å². The maximum absolute atomic E-state index is 11.2. The van der Waals surface area contributed by atoms with Crippen LogP contribution in [0.2, 0.25) is 0 Å². The number of hydrogen-bond acceptors (Lipinski definition) is 1. The number of nitrogens with two attached hydrogens (primary N) is 1. The van der Waals surface area contributed by atoms with Crippen molar-refractivity contribution >= 4 is 16.9 Å². The fourth-order valence-electron chi connectivity index (χ4n) is 3.29. The standard InChI is InChI=1S/C15H19N3O/c1-9-6-7-13-11(8-9)10-4-3-5-12(17-15(16)19)14(10)18(13)2/h6-8,12H,3-5H2,1-2H3,(H3,16,17,19).